The second-order valence-electron chi connectivity index (χ2n) is 3.64. The third kappa shape index (κ3) is 2.15. The first-order valence-corrected chi connectivity index (χ1v) is 5.08. The van der Waals surface area contributed by atoms with E-state index in [1.54, 1.807) is 0 Å². The molecule has 0 aromatic heterocycles. The molecule has 0 saturated carbocycles. The molecule has 2 rings (SSSR count). The van der Waals surface area contributed by atoms with Crippen LogP contribution in [0.1, 0.15) is 18.0 Å². The summed E-state index contributed by atoms with van der Waals surface area (Å²) in [7, 11) is 0. The number of ether oxygens (including phenoxy) is 2. The maximum atomic E-state index is 10.9. The van der Waals surface area contributed by atoms with Crippen molar-refractivity contribution in [3.05, 3.63) is 27.8 Å². The van der Waals surface area contributed by atoms with Gasteiger partial charge in [-0.1, -0.05) is 0 Å². The summed E-state index contributed by atoms with van der Waals surface area (Å²) in [4.78, 5) is 10.4. The predicted molar refractivity (Wildman–Crippen MR) is 57.9 cm³/mol. The normalized spacial score (nSPS) is 14.7. The number of hydrogen-bond acceptors (Lipinski definition) is 6. The first-order chi connectivity index (χ1) is 8.13. The van der Waals surface area contributed by atoms with Crippen LogP contribution >= 0.6 is 0 Å². The fourth-order valence-corrected chi connectivity index (χ4v) is 1.70. The van der Waals surface area contributed by atoms with Crippen LogP contribution in [0.3, 0.4) is 0 Å². The van der Waals surface area contributed by atoms with Gasteiger partial charge in [0.05, 0.1) is 16.6 Å². The Balaban J connectivity index is 2.45. The Kier molecular flexibility index (Phi) is 3.12. The smallest absolute Gasteiger partial charge is 0.278 e. The van der Waals surface area contributed by atoms with Gasteiger partial charge in [-0.05, 0) is 12.5 Å². The van der Waals surface area contributed by atoms with Gasteiger partial charge in [-0.3, -0.25) is 10.1 Å². The average Bonchev–Trinajstić information content (AvgIpc) is 2.74. The lowest BCUT2D eigenvalue weighted by Gasteiger charge is -2.11. The van der Waals surface area contributed by atoms with E-state index < -0.39 is 11.0 Å². The molecule has 3 N–H and O–H groups in total. The molecule has 7 heteroatoms. The quantitative estimate of drug-likeness (QED) is 0.592. The molecular formula is C10H12N2O5. The van der Waals surface area contributed by atoms with Gasteiger partial charge in [-0.2, -0.15) is 0 Å². The van der Waals surface area contributed by atoms with E-state index in [0.29, 0.717) is 17.1 Å². The zero-order valence-corrected chi connectivity index (χ0v) is 8.96. The molecule has 0 amide bonds. The lowest BCUT2D eigenvalue weighted by atomic mass is 10.0. The summed E-state index contributed by atoms with van der Waals surface area (Å²) < 4.78 is 10.2. The molecule has 1 atom stereocenters. The zero-order valence-electron chi connectivity index (χ0n) is 8.96. The van der Waals surface area contributed by atoms with Gasteiger partial charge in [0.1, 0.15) is 0 Å². The third-order valence-corrected chi connectivity index (χ3v) is 2.56. The molecule has 0 bridgehead atoms. The molecule has 1 unspecified atom stereocenters. The van der Waals surface area contributed by atoms with Crippen molar-refractivity contribution in [3.8, 4) is 11.5 Å². The van der Waals surface area contributed by atoms with Gasteiger partial charge in [0.2, 0.25) is 6.79 Å². The largest absolute Gasteiger partial charge is 0.454 e. The second-order valence-corrected chi connectivity index (χ2v) is 3.64. The number of nitro benzene ring substituents is 1. The Morgan fingerprint density at radius 3 is 2.71 bits per heavy atom. The van der Waals surface area contributed by atoms with Gasteiger partial charge in [0, 0.05) is 12.6 Å². The summed E-state index contributed by atoms with van der Waals surface area (Å²) >= 11 is 0. The number of nitrogens with zero attached hydrogens (tertiary/aromatic N) is 1. The number of nitrogens with two attached hydrogens (primary N) is 1. The number of rotatable bonds is 4. The summed E-state index contributed by atoms with van der Waals surface area (Å²) in [5.41, 5.74) is 6.00. The van der Waals surface area contributed by atoms with E-state index >= 15 is 0 Å². The fourth-order valence-electron chi connectivity index (χ4n) is 1.70. The van der Waals surface area contributed by atoms with Crippen LogP contribution in [0, 0.1) is 10.1 Å². The summed E-state index contributed by atoms with van der Waals surface area (Å²) in [5, 5.41) is 19.7. The number of nitro groups is 1. The molecule has 1 heterocycles. The van der Waals surface area contributed by atoms with Crippen molar-refractivity contribution in [1.82, 2.24) is 0 Å². The van der Waals surface area contributed by atoms with Crippen molar-refractivity contribution in [2.45, 2.75) is 12.5 Å². The SMILES string of the molecule is NC(CCO)c1cc2c(cc1[N+](=O)[O-])OCO2. The molecule has 7 nitrogen and oxygen atoms in total. The van der Waals surface area contributed by atoms with Crippen LogP contribution in [0.15, 0.2) is 12.1 Å². The van der Waals surface area contributed by atoms with Crippen molar-refractivity contribution in [3.63, 3.8) is 0 Å². The minimum absolute atomic E-state index is 0.0468. The molecule has 0 spiro atoms. The average molecular weight is 240 g/mol. The summed E-state index contributed by atoms with van der Waals surface area (Å²) in [6.07, 6.45) is 0.250. The molecule has 0 fully saturated rings. The molecule has 0 aliphatic carbocycles. The van der Waals surface area contributed by atoms with Gasteiger partial charge < -0.3 is 20.3 Å². The van der Waals surface area contributed by atoms with Crippen molar-refractivity contribution in [2.24, 2.45) is 5.73 Å². The summed E-state index contributed by atoms with van der Waals surface area (Å²) in [6.45, 7) is -0.0854. The Labute approximate surface area is 96.9 Å². The standard InChI is InChI=1S/C10H12N2O5/c11-7(1-2-13)6-3-9-10(17-5-16-9)4-8(6)12(14)15/h3-4,7,13H,1-2,5,11H2. The van der Waals surface area contributed by atoms with Crippen LogP contribution < -0.4 is 15.2 Å². The molecule has 0 radical (unpaired) electrons. The van der Waals surface area contributed by atoms with Crippen LogP contribution in [0.2, 0.25) is 0 Å². The molecule has 1 aliphatic rings. The first-order valence-electron chi connectivity index (χ1n) is 5.08. The second kappa shape index (κ2) is 4.56. The Morgan fingerprint density at radius 2 is 2.12 bits per heavy atom. The van der Waals surface area contributed by atoms with Crippen molar-refractivity contribution in [2.75, 3.05) is 13.4 Å². The molecule has 0 saturated heterocycles. The maximum absolute atomic E-state index is 10.9. The highest BCUT2D eigenvalue weighted by Crippen LogP contribution is 2.40. The lowest BCUT2D eigenvalue weighted by Crippen LogP contribution is -2.13. The molecule has 92 valence electrons. The summed E-state index contributed by atoms with van der Waals surface area (Å²) in [6, 6.07) is 2.20. The zero-order chi connectivity index (χ0) is 12.4. The highest BCUT2D eigenvalue weighted by atomic mass is 16.7. The number of hydrogen-bond donors (Lipinski definition) is 2. The van der Waals surface area contributed by atoms with Gasteiger partial charge in [-0.25, -0.2) is 0 Å². The van der Waals surface area contributed by atoms with E-state index in [9.17, 15) is 10.1 Å². The van der Waals surface area contributed by atoms with E-state index in [-0.39, 0.29) is 25.5 Å². The van der Waals surface area contributed by atoms with E-state index in [1.165, 1.54) is 12.1 Å². The fraction of sp³-hybridized carbons (Fsp3) is 0.400. The van der Waals surface area contributed by atoms with Crippen molar-refractivity contribution >= 4 is 5.69 Å². The van der Waals surface area contributed by atoms with Gasteiger partial charge in [0.15, 0.2) is 11.5 Å². The molecule has 17 heavy (non-hydrogen) atoms. The topological polar surface area (TPSA) is 108 Å². The molecule has 1 aromatic carbocycles. The molecule has 1 aliphatic heterocycles. The monoisotopic (exact) mass is 240 g/mol. The van der Waals surface area contributed by atoms with E-state index in [2.05, 4.69) is 0 Å². The predicted octanol–water partition coefficient (Wildman–Crippen LogP) is 0.706. The maximum Gasteiger partial charge on any atom is 0.278 e. The van der Waals surface area contributed by atoms with Crippen LogP contribution in [0.4, 0.5) is 5.69 Å². The Hall–Kier alpha value is -1.86. The number of aliphatic hydroxyl groups excluding tert-OH is 1. The van der Waals surface area contributed by atoms with Gasteiger partial charge in [-0.15, -0.1) is 0 Å². The van der Waals surface area contributed by atoms with Crippen LogP contribution in [-0.2, 0) is 0 Å². The highest BCUT2D eigenvalue weighted by molar-refractivity contribution is 5.56. The minimum Gasteiger partial charge on any atom is -0.454 e. The number of benzene rings is 1. The number of fused-ring (bicyclic) bond motifs is 1. The first kappa shape index (κ1) is 11.6. The van der Waals surface area contributed by atoms with E-state index in [1.807, 2.05) is 0 Å². The number of aliphatic hydroxyl groups is 1. The van der Waals surface area contributed by atoms with Gasteiger partial charge in [0.25, 0.3) is 5.69 Å². The van der Waals surface area contributed by atoms with Crippen LogP contribution in [0.25, 0.3) is 0 Å². The van der Waals surface area contributed by atoms with Crippen LogP contribution in [-0.4, -0.2) is 23.4 Å². The van der Waals surface area contributed by atoms with E-state index in [0.717, 1.165) is 0 Å². The summed E-state index contributed by atoms with van der Waals surface area (Å²) in [5.74, 6) is 0.788. The molecular weight excluding hydrogens is 228 g/mol. The lowest BCUT2D eigenvalue weighted by molar-refractivity contribution is -0.385. The third-order valence-electron chi connectivity index (χ3n) is 2.56. The van der Waals surface area contributed by atoms with Crippen molar-refractivity contribution < 1.29 is 19.5 Å². The van der Waals surface area contributed by atoms with Crippen molar-refractivity contribution in [1.29, 1.82) is 0 Å². The van der Waals surface area contributed by atoms with E-state index in [4.69, 9.17) is 20.3 Å². The Bertz CT molecular complexity index is 449. The Morgan fingerprint density at radius 1 is 1.47 bits per heavy atom. The van der Waals surface area contributed by atoms with Crippen LogP contribution in [0.5, 0.6) is 11.5 Å². The minimum atomic E-state index is -0.602. The molecule has 1 aromatic rings. The van der Waals surface area contributed by atoms with Gasteiger partial charge >= 0.3 is 0 Å². The highest BCUT2D eigenvalue weighted by Gasteiger charge is 2.26.